The Kier molecular flexibility index (Phi) is 22.6. The Labute approximate surface area is 145 Å². The molecule has 1 aromatic rings. The molecule has 0 unspecified atom stereocenters. The van der Waals surface area contributed by atoms with Gasteiger partial charge in [0.2, 0.25) is 0 Å². The largest absolute Gasteiger partial charge is 0.405 e. The Morgan fingerprint density at radius 3 is 2.04 bits per heavy atom. The maximum Gasteiger partial charge on any atom is 0.0470 e. The SMILES string of the molecule is C/C=C/N.C=CN(C=C(C)C)Cc1cccc(C)c1.CC.CC. The van der Waals surface area contributed by atoms with E-state index in [0.29, 0.717) is 0 Å². The summed E-state index contributed by atoms with van der Waals surface area (Å²) in [6, 6.07) is 8.55. The normalized spacial score (nSPS) is 8.35. The molecule has 2 N–H and O–H groups in total. The predicted molar refractivity (Wildman–Crippen MR) is 108 cm³/mol. The molecule has 0 aliphatic heterocycles. The number of hydrogen-bond acceptors (Lipinski definition) is 2. The van der Waals surface area contributed by atoms with Crippen molar-refractivity contribution in [2.24, 2.45) is 5.73 Å². The van der Waals surface area contributed by atoms with Crippen molar-refractivity contribution in [1.29, 1.82) is 0 Å². The summed E-state index contributed by atoms with van der Waals surface area (Å²) in [5.74, 6) is 0. The van der Waals surface area contributed by atoms with Crippen LogP contribution in [0.5, 0.6) is 0 Å². The molecule has 0 aromatic heterocycles. The van der Waals surface area contributed by atoms with E-state index in [1.54, 1.807) is 6.08 Å². The van der Waals surface area contributed by atoms with E-state index in [0.717, 1.165) is 6.54 Å². The smallest absolute Gasteiger partial charge is 0.0470 e. The second kappa shape index (κ2) is 20.0. The van der Waals surface area contributed by atoms with E-state index < -0.39 is 0 Å². The van der Waals surface area contributed by atoms with Crippen LogP contribution in [-0.4, -0.2) is 4.90 Å². The molecule has 0 amide bonds. The third kappa shape index (κ3) is 18.0. The lowest BCUT2D eigenvalue weighted by Crippen LogP contribution is -2.09. The lowest BCUT2D eigenvalue weighted by molar-refractivity contribution is 0.498. The molecule has 0 bridgehead atoms. The molecule has 23 heavy (non-hydrogen) atoms. The Hall–Kier alpha value is -1.96. The van der Waals surface area contributed by atoms with E-state index in [-0.39, 0.29) is 0 Å². The first-order chi connectivity index (χ1) is 11.0. The third-order valence-corrected chi connectivity index (χ3v) is 2.30. The molecule has 0 fully saturated rings. The molecule has 0 radical (unpaired) electrons. The van der Waals surface area contributed by atoms with Crippen LogP contribution in [0.25, 0.3) is 0 Å². The maximum absolute atomic E-state index is 4.85. The molecular formula is C21H38N2. The molecule has 0 atom stereocenters. The van der Waals surface area contributed by atoms with Gasteiger partial charge >= 0.3 is 0 Å². The summed E-state index contributed by atoms with van der Waals surface area (Å²) in [6.07, 6.45) is 7.24. The zero-order chi connectivity index (χ0) is 18.7. The molecule has 2 heteroatoms. The zero-order valence-electron chi connectivity index (χ0n) is 16.6. The molecular weight excluding hydrogens is 280 g/mol. The average molecular weight is 319 g/mol. The highest BCUT2D eigenvalue weighted by atomic mass is 15.1. The summed E-state index contributed by atoms with van der Waals surface area (Å²) in [5.41, 5.74) is 8.74. The fourth-order valence-electron chi connectivity index (χ4n) is 1.52. The zero-order valence-corrected chi connectivity index (χ0v) is 16.6. The van der Waals surface area contributed by atoms with E-state index in [1.165, 1.54) is 22.9 Å². The van der Waals surface area contributed by atoms with Gasteiger partial charge in [-0.05, 0) is 45.7 Å². The molecule has 0 heterocycles. The minimum absolute atomic E-state index is 0.885. The second-order valence-corrected chi connectivity index (χ2v) is 4.58. The lowest BCUT2D eigenvalue weighted by Gasteiger charge is -2.16. The Morgan fingerprint density at radius 2 is 1.70 bits per heavy atom. The number of nitrogens with two attached hydrogens (primary N) is 1. The van der Waals surface area contributed by atoms with Crippen LogP contribution in [0.2, 0.25) is 0 Å². The van der Waals surface area contributed by atoms with Crippen molar-refractivity contribution in [1.82, 2.24) is 4.90 Å². The Morgan fingerprint density at radius 1 is 1.17 bits per heavy atom. The monoisotopic (exact) mass is 318 g/mol. The van der Waals surface area contributed by atoms with Crippen LogP contribution in [0.15, 0.2) is 61.1 Å². The molecule has 0 saturated heterocycles. The van der Waals surface area contributed by atoms with Gasteiger partial charge in [0, 0.05) is 12.7 Å². The van der Waals surface area contributed by atoms with Crippen LogP contribution < -0.4 is 5.73 Å². The van der Waals surface area contributed by atoms with Crippen molar-refractivity contribution in [3.8, 4) is 0 Å². The third-order valence-electron chi connectivity index (χ3n) is 2.30. The maximum atomic E-state index is 4.85. The second-order valence-electron chi connectivity index (χ2n) is 4.58. The van der Waals surface area contributed by atoms with E-state index in [9.17, 15) is 0 Å². The first-order valence-electron chi connectivity index (χ1n) is 8.45. The summed E-state index contributed by atoms with van der Waals surface area (Å²) in [6.45, 7) is 20.9. The van der Waals surface area contributed by atoms with Gasteiger partial charge in [0.25, 0.3) is 0 Å². The van der Waals surface area contributed by atoms with Crippen LogP contribution >= 0.6 is 0 Å². The van der Waals surface area contributed by atoms with Gasteiger partial charge in [0.05, 0.1) is 0 Å². The molecule has 132 valence electrons. The topological polar surface area (TPSA) is 29.3 Å². The summed E-state index contributed by atoms with van der Waals surface area (Å²) < 4.78 is 0. The van der Waals surface area contributed by atoms with Gasteiger partial charge in [-0.2, -0.15) is 0 Å². The van der Waals surface area contributed by atoms with Gasteiger partial charge < -0.3 is 10.6 Å². The van der Waals surface area contributed by atoms with Gasteiger partial charge in [-0.1, -0.05) is 75.8 Å². The first-order valence-corrected chi connectivity index (χ1v) is 8.45. The number of allylic oxidation sites excluding steroid dienone is 2. The summed E-state index contributed by atoms with van der Waals surface area (Å²) >= 11 is 0. The van der Waals surface area contributed by atoms with Gasteiger partial charge in [-0.15, -0.1) is 0 Å². The van der Waals surface area contributed by atoms with Crippen LogP contribution in [-0.2, 0) is 6.54 Å². The highest BCUT2D eigenvalue weighted by Gasteiger charge is 1.97. The number of hydrogen-bond donors (Lipinski definition) is 1. The van der Waals surface area contributed by atoms with Gasteiger partial charge in [-0.3, -0.25) is 0 Å². The van der Waals surface area contributed by atoms with Crippen molar-refractivity contribution in [2.75, 3.05) is 0 Å². The van der Waals surface area contributed by atoms with Crippen molar-refractivity contribution < 1.29 is 0 Å². The van der Waals surface area contributed by atoms with E-state index in [2.05, 4.69) is 62.7 Å². The molecule has 0 aliphatic carbocycles. The highest BCUT2D eigenvalue weighted by Crippen LogP contribution is 2.09. The predicted octanol–water partition coefficient (Wildman–Crippen LogP) is 6.40. The summed E-state index contributed by atoms with van der Waals surface area (Å²) in [4.78, 5) is 2.10. The lowest BCUT2D eigenvalue weighted by atomic mass is 10.1. The van der Waals surface area contributed by atoms with Crippen LogP contribution in [0.4, 0.5) is 0 Å². The Balaban J connectivity index is -0.000000426. The first kappa shape index (κ1) is 26.0. The van der Waals surface area contributed by atoms with E-state index in [1.807, 2.05) is 40.8 Å². The fourth-order valence-corrected chi connectivity index (χ4v) is 1.52. The van der Waals surface area contributed by atoms with Gasteiger partial charge in [-0.25, -0.2) is 0 Å². The van der Waals surface area contributed by atoms with Crippen molar-refractivity contribution in [2.45, 2.75) is 61.9 Å². The van der Waals surface area contributed by atoms with Crippen LogP contribution in [0.3, 0.4) is 0 Å². The molecule has 1 aromatic carbocycles. The van der Waals surface area contributed by atoms with E-state index in [4.69, 9.17) is 5.73 Å². The van der Waals surface area contributed by atoms with Crippen molar-refractivity contribution in [3.05, 3.63) is 72.2 Å². The minimum atomic E-state index is 0.885. The quantitative estimate of drug-likeness (QED) is 0.696. The minimum Gasteiger partial charge on any atom is -0.405 e. The molecule has 2 nitrogen and oxygen atoms in total. The molecule has 1 rings (SSSR count). The van der Waals surface area contributed by atoms with Crippen molar-refractivity contribution >= 4 is 0 Å². The standard InChI is InChI=1S/C14H19N.C3H7N.2C2H6/c1-5-15(10-12(2)3)11-14-8-6-7-13(4)9-14;1-2-3-4;2*1-2/h5-10H,1,11H2,2-4H3;2-3H,4H2,1H3;2*1-2H3/b;3-2+;;. The van der Waals surface area contributed by atoms with Crippen molar-refractivity contribution in [3.63, 3.8) is 0 Å². The summed E-state index contributed by atoms with van der Waals surface area (Å²) in [7, 11) is 0. The van der Waals surface area contributed by atoms with Gasteiger partial charge in [0.15, 0.2) is 0 Å². The Bertz CT molecular complexity index is 423. The summed E-state index contributed by atoms with van der Waals surface area (Å²) in [5, 5.41) is 0. The number of rotatable bonds is 4. The fraction of sp³-hybridized carbons (Fsp3) is 0.429. The molecule has 0 saturated carbocycles. The highest BCUT2D eigenvalue weighted by molar-refractivity contribution is 5.22. The van der Waals surface area contributed by atoms with E-state index >= 15 is 0 Å². The van der Waals surface area contributed by atoms with Crippen LogP contribution in [0, 0.1) is 6.92 Å². The molecule has 0 spiro atoms. The number of nitrogens with zero attached hydrogens (tertiary/aromatic N) is 1. The van der Waals surface area contributed by atoms with Gasteiger partial charge in [0.1, 0.15) is 0 Å². The molecule has 0 aliphatic rings. The average Bonchev–Trinajstić information content (AvgIpc) is 2.57. The number of benzene rings is 1. The van der Waals surface area contributed by atoms with Crippen LogP contribution in [0.1, 0.15) is 59.6 Å². The number of aryl methyl sites for hydroxylation is 1.